The van der Waals surface area contributed by atoms with Crippen LogP contribution in [0.4, 0.5) is 0 Å². The van der Waals surface area contributed by atoms with Crippen LogP contribution in [-0.4, -0.2) is 20.6 Å². The third-order valence-corrected chi connectivity index (χ3v) is 3.53. The molecule has 2 heterocycles. The fraction of sp³-hybridized carbons (Fsp3) is 0.300. The molecule has 16 heavy (non-hydrogen) atoms. The zero-order chi connectivity index (χ0) is 11.9. The second-order valence-corrected chi connectivity index (χ2v) is 4.45. The van der Waals surface area contributed by atoms with Crippen LogP contribution < -0.4 is 5.56 Å². The van der Waals surface area contributed by atoms with Gasteiger partial charge in [-0.2, -0.15) is 0 Å². The lowest BCUT2D eigenvalue weighted by Gasteiger charge is -2.09. The SMILES string of the molecule is Cc1csc2c(=O)n(C(C)C(=O)O)cnc12. The number of aliphatic carboxylic acids is 1. The average molecular weight is 238 g/mol. The molecule has 6 heteroatoms. The predicted octanol–water partition coefficient (Wildman–Crippen LogP) is 1.41. The highest BCUT2D eigenvalue weighted by molar-refractivity contribution is 7.17. The van der Waals surface area contributed by atoms with Crippen molar-refractivity contribution in [2.75, 3.05) is 0 Å². The molecular weight excluding hydrogens is 228 g/mol. The first-order valence-corrected chi connectivity index (χ1v) is 5.58. The molecule has 2 aromatic rings. The van der Waals surface area contributed by atoms with Crippen molar-refractivity contribution < 1.29 is 9.90 Å². The minimum atomic E-state index is -1.04. The van der Waals surface area contributed by atoms with Gasteiger partial charge >= 0.3 is 5.97 Å². The summed E-state index contributed by atoms with van der Waals surface area (Å²) in [7, 11) is 0. The van der Waals surface area contributed by atoms with Crippen molar-refractivity contribution in [1.29, 1.82) is 0 Å². The van der Waals surface area contributed by atoms with Gasteiger partial charge in [0.05, 0.1) is 11.8 Å². The molecule has 0 aromatic carbocycles. The molecule has 0 saturated heterocycles. The summed E-state index contributed by atoms with van der Waals surface area (Å²) in [5, 5.41) is 10.7. The first-order valence-electron chi connectivity index (χ1n) is 4.70. The van der Waals surface area contributed by atoms with E-state index in [1.54, 1.807) is 0 Å². The summed E-state index contributed by atoms with van der Waals surface area (Å²) in [6.45, 7) is 3.33. The van der Waals surface area contributed by atoms with Crippen LogP contribution in [0.15, 0.2) is 16.5 Å². The number of carboxylic acids is 1. The minimum Gasteiger partial charge on any atom is -0.480 e. The highest BCUT2D eigenvalue weighted by Gasteiger charge is 2.17. The maximum absolute atomic E-state index is 12.0. The normalized spacial score (nSPS) is 12.9. The number of hydrogen-bond donors (Lipinski definition) is 1. The number of nitrogens with zero attached hydrogens (tertiary/aromatic N) is 2. The second kappa shape index (κ2) is 3.71. The third kappa shape index (κ3) is 1.51. The van der Waals surface area contributed by atoms with Crippen LogP contribution in [0.5, 0.6) is 0 Å². The van der Waals surface area contributed by atoms with Crippen molar-refractivity contribution in [2.24, 2.45) is 0 Å². The van der Waals surface area contributed by atoms with Crippen LogP contribution in [0.1, 0.15) is 18.5 Å². The molecule has 0 aliphatic carbocycles. The first kappa shape index (κ1) is 10.8. The monoisotopic (exact) mass is 238 g/mol. The molecule has 0 aliphatic heterocycles. The van der Waals surface area contributed by atoms with E-state index in [-0.39, 0.29) is 5.56 Å². The zero-order valence-electron chi connectivity index (χ0n) is 8.80. The van der Waals surface area contributed by atoms with E-state index in [9.17, 15) is 9.59 Å². The van der Waals surface area contributed by atoms with E-state index in [0.29, 0.717) is 10.2 Å². The maximum atomic E-state index is 12.0. The summed E-state index contributed by atoms with van der Waals surface area (Å²) in [5.41, 5.74) is 1.30. The van der Waals surface area contributed by atoms with E-state index in [0.717, 1.165) is 10.1 Å². The van der Waals surface area contributed by atoms with Crippen molar-refractivity contribution in [2.45, 2.75) is 19.9 Å². The molecule has 2 aromatic heterocycles. The fourth-order valence-corrected chi connectivity index (χ4v) is 2.37. The topological polar surface area (TPSA) is 72.2 Å². The smallest absolute Gasteiger partial charge is 0.326 e. The standard InChI is InChI=1S/C10H10N2O3S/c1-5-3-16-8-7(5)11-4-12(9(8)13)6(2)10(14)15/h3-4,6H,1-2H3,(H,14,15). The van der Waals surface area contributed by atoms with Crippen LogP contribution in [0, 0.1) is 6.92 Å². The summed E-state index contributed by atoms with van der Waals surface area (Å²) in [4.78, 5) is 26.9. The summed E-state index contributed by atoms with van der Waals surface area (Å²) >= 11 is 1.30. The molecule has 0 spiro atoms. The molecule has 0 radical (unpaired) electrons. The van der Waals surface area contributed by atoms with Crippen LogP contribution in [0.2, 0.25) is 0 Å². The summed E-state index contributed by atoms with van der Waals surface area (Å²) in [5.74, 6) is -1.04. The van der Waals surface area contributed by atoms with E-state index in [4.69, 9.17) is 5.11 Å². The number of hydrogen-bond acceptors (Lipinski definition) is 4. The zero-order valence-corrected chi connectivity index (χ0v) is 9.61. The van der Waals surface area contributed by atoms with E-state index >= 15 is 0 Å². The van der Waals surface area contributed by atoms with Gasteiger partial charge in [-0.05, 0) is 24.8 Å². The molecule has 1 unspecified atom stereocenters. The van der Waals surface area contributed by atoms with Crippen molar-refractivity contribution in [3.8, 4) is 0 Å². The van der Waals surface area contributed by atoms with Gasteiger partial charge in [-0.15, -0.1) is 11.3 Å². The molecule has 5 nitrogen and oxygen atoms in total. The van der Waals surface area contributed by atoms with Gasteiger partial charge in [-0.1, -0.05) is 0 Å². The Labute approximate surface area is 95.0 Å². The van der Waals surface area contributed by atoms with Gasteiger partial charge in [0.1, 0.15) is 10.7 Å². The molecule has 1 N–H and O–H groups in total. The number of carboxylic acid groups (broad SMARTS) is 1. The molecule has 0 aliphatic rings. The summed E-state index contributed by atoms with van der Waals surface area (Å²) in [6.07, 6.45) is 1.29. The lowest BCUT2D eigenvalue weighted by molar-refractivity contribution is -0.140. The van der Waals surface area contributed by atoms with Crippen molar-refractivity contribution in [3.63, 3.8) is 0 Å². The van der Waals surface area contributed by atoms with Gasteiger partial charge in [0.25, 0.3) is 5.56 Å². The van der Waals surface area contributed by atoms with E-state index in [1.807, 2.05) is 12.3 Å². The second-order valence-electron chi connectivity index (χ2n) is 3.57. The predicted molar refractivity (Wildman–Crippen MR) is 61.0 cm³/mol. The van der Waals surface area contributed by atoms with Gasteiger partial charge in [0, 0.05) is 0 Å². The summed E-state index contributed by atoms with van der Waals surface area (Å²) < 4.78 is 1.65. The number of fused-ring (bicyclic) bond motifs is 1. The van der Waals surface area contributed by atoms with Gasteiger partial charge in [-0.3, -0.25) is 9.36 Å². The Morgan fingerprint density at radius 1 is 1.62 bits per heavy atom. The number of rotatable bonds is 2. The van der Waals surface area contributed by atoms with Gasteiger partial charge in [0.15, 0.2) is 0 Å². The quantitative estimate of drug-likeness (QED) is 0.858. The van der Waals surface area contributed by atoms with Crippen LogP contribution in [0.3, 0.4) is 0 Å². The molecule has 0 bridgehead atoms. The number of aromatic nitrogens is 2. The van der Waals surface area contributed by atoms with Crippen molar-refractivity contribution in [1.82, 2.24) is 9.55 Å². The van der Waals surface area contributed by atoms with E-state index in [1.165, 1.54) is 24.6 Å². The Morgan fingerprint density at radius 3 is 2.94 bits per heavy atom. The fourth-order valence-electron chi connectivity index (χ4n) is 1.43. The Balaban J connectivity index is 2.71. The number of aryl methyl sites for hydroxylation is 1. The lowest BCUT2D eigenvalue weighted by Crippen LogP contribution is -2.27. The molecule has 0 fully saturated rings. The molecular formula is C10H10N2O3S. The molecule has 2 rings (SSSR count). The number of thiophene rings is 1. The molecule has 84 valence electrons. The van der Waals surface area contributed by atoms with Gasteiger partial charge in [0.2, 0.25) is 0 Å². The van der Waals surface area contributed by atoms with Crippen LogP contribution in [-0.2, 0) is 4.79 Å². The highest BCUT2D eigenvalue weighted by Crippen LogP contribution is 2.20. The Bertz CT molecular complexity index is 614. The Kier molecular flexibility index (Phi) is 2.51. The van der Waals surface area contributed by atoms with Crippen LogP contribution in [0.25, 0.3) is 10.2 Å². The van der Waals surface area contributed by atoms with Gasteiger partial charge in [-0.25, -0.2) is 9.78 Å². The lowest BCUT2D eigenvalue weighted by atomic mass is 10.3. The van der Waals surface area contributed by atoms with Gasteiger partial charge < -0.3 is 5.11 Å². The maximum Gasteiger partial charge on any atom is 0.326 e. The summed E-state index contributed by atoms with van der Waals surface area (Å²) in [6, 6.07) is -0.896. The van der Waals surface area contributed by atoms with E-state index in [2.05, 4.69) is 4.98 Å². The minimum absolute atomic E-state index is 0.294. The van der Waals surface area contributed by atoms with E-state index < -0.39 is 12.0 Å². The Hall–Kier alpha value is -1.69. The molecule has 0 saturated carbocycles. The number of carbonyl (C=O) groups is 1. The van der Waals surface area contributed by atoms with Crippen LogP contribution >= 0.6 is 11.3 Å². The third-order valence-electron chi connectivity index (χ3n) is 2.46. The largest absolute Gasteiger partial charge is 0.480 e. The molecule has 0 amide bonds. The van der Waals surface area contributed by atoms with Crippen molar-refractivity contribution in [3.05, 3.63) is 27.6 Å². The first-order chi connectivity index (χ1) is 7.52. The average Bonchev–Trinajstić information content (AvgIpc) is 2.61. The molecule has 1 atom stereocenters. The highest BCUT2D eigenvalue weighted by atomic mass is 32.1. The van der Waals surface area contributed by atoms with Crippen molar-refractivity contribution >= 4 is 27.5 Å². The Morgan fingerprint density at radius 2 is 2.31 bits per heavy atom.